The first-order valence-corrected chi connectivity index (χ1v) is 2.57. The average molecular weight is 100 g/mol. The Morgan fingerprint density at radius 3 is 2.43 bits per heavy atom. The molecule has 0 aliphatic carbocycles. The van der Waals surface area contributed by atoms with E-state index in [2.05, 4.69) is 6.92 Å². The fraction of sp³-hybridized carbons (Fsp3) is 1.00. The lowest BCUT2D eigenvalue weighted by molar-refractivity contribution is 0.253. The summed E-state index contributed by atoms with van der Waals surface area (Å²) in [7, 11) is 0. The SMILES string of the molecule is CC1(C2CO2)CO1. The number of hydrogen-bond acceptors (Lipinski definition) is 2. The van der Waals surface area contributed by atoms with E-state index < -0.39 is 0 Å². The Balaban J connectivity index is 2.04. The summed E-state index contributed by atoms with van der Waals surface area (Å²) >= 11 is 0. The molecule has 0 radical (unpaired) electrons. The van der Waals surface area contributed by atoms with Crippen molar-refractivity contribution >= 4 is 0 Å². The van der Waals surface area contributed by atoms with Crippen molar-refractivity contribution in [2.24, 2.45) is 0 Å². The van der Waals surface area contributed by atoms with Crippen molar-refractivity contribution in [1.82, 2.24) is 0 Å². The van der Waals surface area contributed by atoms with Gasteiger partial charge in [0.25, 0.3) is 0 Å². The van der Waals surface area contributed by atoms with E-state index in [9.17, 15) is 0 Å². The van der Waals surface area contributed by atoms with Crippen LogP contribution in [0.2, 0.25) is 0 Å². The highest BCUT2D eigenvalue weighted by atomic mass is 16.7. The third-order valence-corrected chi connectivity index (χ3v) is 1.61. The number of rotatable bonds is 1. The van der Waals surface area contributed by atoms with Crippen LogP contribution in [-0.2, 0) is 9.47 Å². The Morgan fingerprint density at radius 1 is 1.71 bits per heavy atom. The molecule has 2 aliphatic rings. The van der Waals surface area contributed by atoms with Crippen molar-refractivity contribution in [2.45, 2.75) is 18.6 Å². The van der Waals surface area contributed by atoms with Gasteiger partial charge in [0.1, 0.15) is 11.7 Å². The molecule has 2 aliphatic heterocycles. The topological polar surface area (TPSA) is 25.1 Å². The molecule has 2 fully saturated rings. The average Bonchev–Trinajstić information content (AvgIpc) is 2.14. The van der Waals surface area contributed by atoms with Gasteiger partial charge in [0.15, 0.2) is 0 Å². The first-order valence-electron chi connectivity index (χ1n) is 2.57. The molecule has 2 nitrogen and oxygen atoms in total. The van der Waals surface area contributed by atoms with Crippen LogP contribution in [0.15, 0.2) is 0 Å². The van der Waals surface area contributed by atoms with Gasteiger partial charge in [0.05, 0.1) is 13.2 Å². The monoisotopic (exact) mass is 100 g/mol. The molecule has 0 amide bonds. The molecule has 0 aromatic carbocycles. The quantitative estimate of drug-likeness (QED) is 0.439. The summed E-state index contributed by atoms with van der Waals surface area (Å²) in [6.07, 6.45) is 0.437. The lowest BCUT2D eigenvalue weighted by Crippen LogP contribution is -2.12. The number of epoxide rings is 2. The van der Waals surface area contributed by atoms with E-state index >= 15 is 0 Å². The lowest BCUT2D eigenvalue weighted by Gasteiger charge is -1.92. The molecule has 2 heteroatoms. The summed E-state index contributed by atoms with van der Waals surface area (Å²) in [6, 6.07) is 0. The molecule has 2 saturated heterocycles. The Hall–Kier alpha value is -0.0800. The second-order valence-corrected chi connectivity index (χ2v) is 2.42. The number of ether oxygens (including phenoxy) is 2. The predicted molar refractivity (Wildman–Crippen MR) is 24.1 cm³/mol. The van der Waals surface area contributed by atoms with Crippen molar-refractivity contribution in [1.29, 1.82) is 0 Å². The minimum Gasteiger partial charge on any atom is -0.370 e. The standard InChI is InChI=1S/C5H8O2/c1-5(3-7-5)4-2-6-4/h4H,2-3H2,1H3. The zero-order chi connectivity index (χ0) is 4.91. The van der Waals surface area contributed by atoms with E-state index in [1.807, 2.05) is 0 Å². The predicted octanol–water partition coefficient (Wildman–Crippen LogP) is 0.174. The van der Waals surface area contributed by atoms with Crippen LogP contribution in [0.1, 0.15) is 6.92 Å². The summed E-state index contributed by atoms with van der Waals surface area (Å²) in [5.74, 6) is 0. The van der Waals surface area contributed by atoms with E-state index in [1.165, 1.54) is 0 Å². The van der Waals surface area contributed by atoms with Gasteiger partial charge in [-0.15, -0.1) is 0 Å². The first-order chi connectivity index (χ1) is 3.31. The van der Waals surface area contributed by atoms with Gasteiger partial charge in [-0.05, 0) is 6.92 Å². The van der Waals surface area contributed by atoms with Gasteiger partial charge in [-0.3, -0.25) is 0 Å². The summed E-state index contributed by atoms with van der Waals surface area (Å²) < 4.78 is 10.1. The highest BCUT2D eigenvalue weighted by molar-refractivity contribution is 5.00. The first kappa shape index (κ1) is 3.87. The summed E-state index contributed by atoms with van der Waals surface area (Å²) in [5.41, 5.74) is 0.139. The zero-order valence-corrected chi connectivity index (χ0v) is 4.31. The Labute approximate surface area is 42.4 Å². The molecule has 0 N–H and O–H groups in total. The third kappa shape index (κ3) is 0.469. The van der Waals surface area contributed by atoms with Crippen molar-refractivity contribution < 1.29 is 9.47 Å². The normalized spacial score (nSPS) is 57.0. The summed E-state index contributed by atoms with van der Waals surface area (Å²) in [5, 5.41) is 0. The zero-order valence-electron chi connectivity index (χ0n) is 4.31. The van der Waals surface area contributed by atoms with Crippen LogP contribution in [0.4, 0.5) is 0 Å². The van der Waals surface area contributed by atoms with Crippen molar-refractivity contribution in [3.63, 3.8) is 0 Å². The minimum absolute atomic E-state index is 0.139. The molecule has 2 heterocycles. The van der Waals surface area contributed by atoms with Crippen LogP contribution in [0.5, 0.6) is 0 Å². The van der Waals surface area contributed by atoms with Gasteiger partial charge in [0.2, 0.25) is 0 Å². The van der Waals surface area contributed by atoms with Crippen molar-refractivity contribution in [3.05, 3.63) is 0 Å². The van der Waals surface area contributed by atoms with Gasteiger partial charge in [-0.2, -0.15) is 0 Å². The van der Waals surface area contributed by atoms with E-state index in [-0.39, 0.29) is 5.60 Å². The second kappa shape index (κ2) is 0.858. The van der Waals surface area contributed by atoms with Crippen LogP contribution in [-0.4, -0.2) is 24.9 Å². The van der Waals surface area contributed by atoms with E-state index in [0.717, 1.165) is 13.2 Å². The molecule has 0 bridgehead atoms. The van der Waals surface area contributed by atoms with E-state index in [1.54, 1.807) is 0 Å². The Bertz CT molecular complexity index is 92.3. The molecule has 2 rings (SSSR count). The molecule has 0 aromatic rings. The second-order valence-electron chi connectivity index (χ2n) is 2.42. The minimum atomic E-state index is 0.139. The lowest BCUT2D eigenvalue weighted by atomic mass is 10.1. The maximum absolute atomic E-state index is 5.09. The molecule has 2 unspecified atom stereocenters. The van der Waals surface area contributed by atoms with Crippen molar-refractivity contribution in [2.75, 3.05) is 13.2 Å². The molecule has 0 saturated carbocycles. The third-order valence-electron chi connectivity index (χ3n) is 1.61. The largest absolute Gasteiger partial charge is 0.370 e. The van der Waals surface area contributed by atoms with Crippen LogP contribution in [0, 0.1) is 0 Å². The molecule has 0 aromatic heterocycles. The molecule has 0 spiro atoms. The highest BCUT2D eigenvalue weighted by Crippen LogP contribution is 2.37. The van der Waals surface area contributed by atoms with Gasteiger partial charge < -0.3 is 9.47 Å². The van der Waals surface area contributed by atoms with E-state index in [0.29, 0.717) is 6.10 Å². The highest BCUT2D eigenvalue weighted by Gasteiger charge is 2.53. The molecule has 40 valence electrons. The van der Waals surface area contributed by atoms with E-state index in [4.69, 9.17) is 9.47 Å². The van der Waals surface area contributed by atoms with Gasteiger partial charge >= 0.3 is 0 Å². The van der Waals surface area contributed by atoms with Gasteiger partial charge in [-0.25, -0.2) is 0 Å². The molecule has 7 heavy (non-hydrogen) atoms. The smallest absolute Gasteiger partial charge is 0.117 e. The maximum atomic E-state index is 5.09. The maximum Gasteiger partial charge on any atom is 0.117 e. The van der Waals surface area contributed by atoms with Gasteiger partial charge in [-0.1, -0.05) is 0 Å². The van der Waals surface area contributed by atoms with Crippen LogP contribution >= 0.6 is 0 Å². The number of hydrogen-bond donors (Lipinski definition) is 0. The van der Waals surface area contributed by atoms with Crippen LogP contribution in [0.25, 0.3) is 0 Å². The van der Waals surface area contributed by atoms with Crippen LogP contribution in [0.3, 0.4) is 0 Å². The van der Waals surface area contributed by atoms with Crippen LogP contribution < -0.4 is 0 Å². The molecular formula is C5H8O2. The fourth-order valence-corrected chi connectivity index (χ4v) is 0.700. The summed E-state index contributed by atoms with van der Waals surface area (Å²) in [6.45, 7) is 3.90. The Morgan fingerprint density at radius 2 is 2.29 bits per heavy atom. The summed E-state index contributed by atoms with van der Waals surface area (Å²) in [4.78, 5) is 0. The fourth-order valence-electron chi connectivity index (χ4n) is 0.700. The Kier molecular flexibility index (Phi) is 0.474. The van der Waals surface area contributed by atoms with Crippen molar-refractivity contribution in [3.8, 4) is 0 Å². The molecule has 2 atom stereocenters. The molecular weight excluding hydrogens is 92.1 g/mol. The van der Waals surface area contributed by atoms with Gasteiger partial charge in [0, 0.05) is 0 Å².